The van der Waals surface area contributed by atoms with Crippen LogP contribution in [0.2, 0.25) is 0 Å². The molecule has 1 fully saturated rings. The number of carbonyl (C=O) groups excluding carboxylic acids is 1. The lowest BCUT2D eigenvalue weighted by atomic mass is 9.99. The first-order valence-corrected chi connectivity index (χ1v) is 13.2. The molecule has 4 rings (SSSR count). The van der Waals surface area contributed by atoms with Gasteiger partial charge in [0, 0.05) is 32.2 Å². The fraction of sp³-hybridized carbons (Fsp3) is 0.296. The van der Waals surface area contributed by atoms with E-state index >= 15 is 0 Å². The monoisotopic (exact) mass is 477 g/mol. The van der Waals surface area contributed by atoms with Crippen LogP contribution >= 0.6 is 0 Å². The van der Waals surface area contributed by atoms with Gasteiger partial charge in [-0.1, -0.05) is 91.0 Å². The number of benzene rings is 3. The first-order chi connectivity index (χ1) is 16.5. The van der Waals surface area contributed by atoms with Gasteiger partial charge in [0.25, 0.3) is 0 Å². The molecule has 1 heterocycles. The standard InChI is InChI=1S/C27H31N3O3S/c31-27(21-28-26(25-14-8-3-9-15-25)20-23-10-4-1-5-11-23)29-16-18-30(19-17-29)34(32,33)22-24-12-6-2-7-13-24/h1-15,26,28H,16-22H2/t26-/m1/s1. The Morgan fingerprint density at radius 2 is 1.29 bits per heavy atom. The highest BCUT2D eigenvalue weighted by molar-refractivity contribution is 7.88. The number of nitrogens with one attached hydrogen (secondary N) is 1. The number of rotatable bonds is 9. The van der Waals surface area contributed by atoms with Crippen LogP contribution in [-0.4, -0.2) is 56.3 Å². The molecule has 0 aromatic heterocycles. The Hall–Kier alpha value is -3.00. The third-order valence-corrected chi connectivity index (χ3v) is 8.01. The third kappa shape index (κ3) is 6.53. The second-order valence-corrected chi connectivity index (χ2v) is 10.5. The van der Waals surface area contributed by atoms with E-state index in [-0.39, 0.29) is 24.2 Å². The molecule has 178 valence electrons. The first-order valence-electron chi connectivity index (χ1n) is 11.6. The summed E-state index contributed by atoms with van der Waals surface area (Å²) in [4.78, 5) is 14.7. The fourth-order valence-corrected chi connectivity index (χ4v) is 5.77. The van der Waals surface area contributed by atoms with E-state index in [0.29, 0.717) is 26.2 Å². The van der Waals surface area contributed by atoms with Gasteiger partial charge in [-0.15, -0.1) is 0 Å². The van der Waals surface area contributed by atoms with Crippen molar-refractivity contribution in [3.63, 3.8) is 0 Å². The number of piperazine rings is 1. The number of hydrogen-bond acceptors (Lipinski definition) is 4. The Bertz CT molecular complexity index is 1150. The van der Waals surface area contributed by atoms with E-state index in [1.165, 1.54) is 9.87 Å². The third-order valence-electron chi connectivity index (χ3n) is 6.16. The van der Waals surface area contributed by atoms with Crippen molar-refractivity contribution in [2.45, 2.75) is 18.2 Å². The summed E-state index contributed by atoms with van der Waals surface area (Å²) in [6.45, 7) is 1.68. The summed E-state index contributed by atoms with van der Waals surface area (Å²) in [6, 6.07) is 29.6. The van der Waals surface area contributed by atoms with Crippen LogP contribution in [0.3, 0.4) is 0 Å². The van der Waals surface area contributed by atoms with E-state index in [1.807, 2.05) is 66.7 Å². The molecule has 7 heteroatoms. The zero-order valence-corrected chi connectivity index (χ0v) is 20.0. The van der Waals surface area contributed by atoms with Crippen molar-refractivity contribution >= 4 is 15.9 Å². The molecule has 0 aliphatic carbocycles. The molecule has 6 nitrogen and oxygen atoms in total. The summed E-state index contributed by atoms with van der Waals surface area (Å²) >= 11 is 0. The van der Waals surface area contributed by atoms with Gasteiger partial charge < -0.3 is 10.2 Å². The van der Waals surface area contributed by atoms with E-state index in [9.17, 15) is 13.2 Å². The SMILES string of the molecule is O=C(CN[C@H](Cc1ccccc1)c1ccccc1)N1CCN(S(=O)(=O)Cc2ccccc2)CC1. The molecular weight excluding hydrogens is 446 g/mol. The fourth-order valence-electron chi connectivity index (χ4n) is 4.26. The molecule has 1 aliphatic heterocycles. The van der Waals surface area contributed by atoms with Crippen LogP contribution < -0.4 is 5.32 Å². The van der Waals surface area contributed by atoms with Gasteiger partial charge in [-0.25, -0.2) is 8.42 Å². The van der Waals surface area contributed by atoms with Gasteiger partial charge in [0.05, 0.1) is 12.3 Å². The summed E-state index contributed by atoms with van der Waals surface area (Å²) in [5.74, 6) is -0.0178. The average Bonchev–Trinajstić information content (AvgIpc) is 2.88. The van der Waals surface area contributed by atoms with Crippen molar-refractivity contribution < 1.29 is 13.2 Å². The minimum Gasteiger partial charge on any atom is -0.339 e. The Labute approximate surface area is 202 Å². The van der Waals surface area contributed by atoms with E-state index < -0.39 is 10.0 Å². The Morgan fingerprint density at radius 1 is 0.765 bits per heavy atom. The van der Waals surface area contributed by atoms with Crippen LogP contribution in [0.4, 0.5) is 0 Å². The van der Waals surface area contributed by atoms with Crippen molar-refractivity contribution in [3.05, 3.63) is 108 Å². The van der Waals surface area contributed by atoms with Crippen LogP contribution in [0.1, 0.15) is 22.7 Å². The number of hydrogen-bond donors (Lipinski definition) is 1. The van der Waals surface area contributed by atoms with Gasteiger partial charge >= 0.3 is 0 Å². The number of nitrogens with zero attached hydrogens (tertiary/aromatic N) is 2. The van der Waals surface area contributed by atoms with Crippen LogP contribution in [0.15, 0.2) is 91.0 Å². The molecule has 1 atom stereocenters. The van der Waals surface area contributed by atoms with Gasteiger partial charge in [-0.05, 0) is 23.1 Å². The van der Waals surface area contributed by atoms with Gasteiger partial charge in [0.2, 0.25) is 15.9 Å². The van der Waals surface area contributed by atoms with Crippen LogP contribution in [0.5, 0.6) is 0 Å². The predicted molar refractivity (Wildman–Crippen MR) is 135 cm³/mol. The molecular formula is C27H31N3O3S. The lowest BCUT2D eigenvalue weighted by Crippen LogP contribution is -2.52. The van der Waals surface area contributed by atoms with Gasteiger partial charge in [-0.3, -0.25) is 4.79 Å². The minimum atomic E-state index is -3.40. The van der Waals surface area contributed by atoms with Gasteiger partial charge in [-0.2, -0.15) is 4.31 Å². The van der Waals surface area contributed by atoms with E-state index in [4.69, 9.17) is 0 Å². The second kappa shape index (κ2) is 11.4. The largest absolute Gasteiger partial charge is 0.339 e. The topological polar surface area (TPSA) is 69.7 Å². The molecule has 0 unspecified atom stereocenters. The van der Waals surface area contributed by atoms with Crippen LogP contribution in [0, 0.1) is 0 Å². The summed E-state index contributed by atoms with van der Waals surface area (Å²) in [5, 5.41) is 3.43. The van der Waals surface area contributed by atoms with E-state index in [2.05, 4.69) is 29.6 Å². The summed E-state index contributed by atoms with van der Waals surface area (Å²) in [5.41, 5.74) is 3.11. The maximum Gasteiger partial charge on any atom is 0.236 e. The minimum absolute atomic E-state index is 0.00546. The summed E-state index contributed by atoms with van der Waals surface area (Å²) in [6.07, 6.45) is 0.781. The lowest BCUT2D eigenvalue weighted by molar-refractivity contribution is -0.131. The Kier molecular flexibility index (Phi) is 8.11. The van der Waals surface area contributed by atoms with Crippen molar-refractivity contribution in [2.24, 2.45) is 0 Å². The van der Waals surface area contributed by atoms with Gasteiger partial charge in [0.15, 0.2) is 0 Å². The molecule has 3 aromatic rings. The quantitative estimate of drug-likeness (QED) is 0.514. The maximum absolute atomic E-state index is 12.9. The summed E-state index contributed by atoms with van der Waals surface area (Å²) in [7, 11) is -3.40. The average molecular weight is 478 g/mol. The molecule has 1 saturated heterocycles. The Balaban J connectivity index is 1.32. The zero-order valence-electron chi connectivity index (χ0n) is 19.2. The molecule has 1 aliphatic rings. The lowest BCUT2D eigenvalue weighted by Gasteiger charge is -2.34. The van der Waals surface area contributed by atoms with Crippen LogP contribution in [-0.2, 0) is 27.0 Å². The first kappa shape index (κ1) is 24.1. The molecule has 1 N–H and O–H groups in total. The number of amides is 1. The maximum atomic E-state index is 12.9. The zero-order chi connectivity index (χ0) is 23.8. The summed E-state index contributed by atoms with van der Waals surface area (Å²) < 4.78 is 27.1. The highest BCUT2D eigenvalue weighted by Gasteiger charge is 2.29. The van der Waals surface area contributed by atoms with Crippen molar-refractivity contribution in [1.29, 1.82) is 0 Å². The molecule has 0 saturated carbocycles. The Morgan fingerprint density at radius 3 is 1.88 bits per heavy atom. The van der Waals surface area contributed by atoms with E-state index in [1.54, 1.807) is 4.90 Å². The normalized spacial score (nSPS) is 15.7. The highest BCUT2D eigenvalue weighted by Crippen LogP contribution is 2.19. The molecule has 3 aromatic carbocycles. The molecule has 0 bridgehead atoms. The van der Waals surface area contributed by atoms with Gasteiger partial charge in [0.1, 0.15) is 0 Å². The molecule has 1 amide bonds. The van der Waals surface area contributed by atoms with E-state index in [0.717, 1.165) is 17.5 Å². The molecule has 34 heavy (non-hydrogen) atoms. The smallest absolute Gasteiger partial charge is 0.236 e. The van der Waals surface area contributed by atoms with Crippen molar-refractivity contribution in [3.8, 4) is 0 Å². The second-order valence-electron chi connectivity index (χ2n) is 8.56. The number of sulfonamides is 1. The highest BCUT2D eigenvalue weighted by atomic mass is 32.2. The molecule has 0 radical (unpaired) electrons. The number of carbonyl (C=O) groups is 1. The molecule has 0 spiro atoms. The predicted octanol–water partition coefficient (Wildman–Crippen LogP) is 3.23. The van der Waals surface area contributed by atoms with Crippen molar-refractivity contribution in [1.82, 2.24) is 14.5 Å². The van der Waals surface area contributed by atoms with Crippen LogP contribution in [0.25, 0.3) is 0 Å². The van der Waals surface area contributed by atoms with Crippen molar-refractivity contribution in [2.75, 3.05) is 32.7 Å².